The van der Waals surface area contributed by atoms with Gasteiger partial charge in [-0.1, -0.05) is 25.0 Å². The van der Waals surface area contributed by atoms with E-state index < -0.39 is 0 Å². The number of rotatable bonds is 1. The number of nitriles is 1. The van der Waals surface area contributed by atoms with Crippen molar-refractivity contribution >= 4 is 5.69 Å². The molecule has 1 aliphatic heterocycles. The predicted octanol–water partition coefficient (Wildman–Crippen LogP) is 2.94. The van der Waals surface area contributed by atoms with E-state index in [0.717, 1.165) is 24.3 Å². The second kappa shape index (κ2) is 3.52. The minimum absolute atomic E-state index is 0.600. The number of para-hydroxylation sites is 1. The number of nitrogens with zero attached hydrogens (tertiary/aromatic N) is 2. The molecule has 1 aromatic carbocycles. The lowest BCUT2D eigenvalue weighted by molar-refractivity contribution is 0.222. The number of hydrogen-bond acceptors (Lipinski definition) is 2. The van der Waals surface area contributed by atoms with E-state index in [-0.39, 0.29) is 0 Å². The van der Waals surface area contributed by atoms with E-state index >= 15 is 0 Å². The van der Waals surface area contributed by atoms with Gasteiger partial charge in [0.25, 0.3) is 0 Å². The van der Waals surface area contributed by atoms with Crippen LogP contribution < -0.4 is 4.90 Å². The maximum atomic E-state index is 9.07. The van der Waals surface area contributed by atoms with Crippen molar-refractivity contribution in [2.45, 2.75) is 25.7 Å². The highest BCUT2D eigenvalue weighted by Crippen LogP contribution is 2.47. The summed E-state index contributed by atoms with van der Waals surface area (Å²) < 4.78 is 0. The van der Waals surface area contributed by atoms with Crippen LogP contribution in [-0.4, -0.2) is 13.1 Å². The van der Waals surface area contributed by atoms with Gasteiger partial charge >= 0.3 is 0 Å². The molecule has 2 aliphatic rings. The first-order valence-corrected chi connectivity index (χ1v) is 6.07. The zero-order valence-corrected chi connectivity index (χ0v) is 9.45. The zero-order valence-electron chi connectivity index (χ0n) is 9.45. The fourth-order valence-electron chi connectivity index (χ4n) is 3.22. The number of anilines is 1. The monoisotopic (exact) mass is 212 g/mol. The van der Waals surface area contributed by atoms with E-state index in [1.165, 1.54) is 25.7 Å². The Morgan fingerprint density at radius 3 is 2.50 bits per heavy atom. The fraction of sp³-hybridized carbons (Fsp3) is 0.500. The molecule has 0 radical (unpaired) electrons. The average molecular weight is 212 g/mol. The molecule has 16 heavy (non-hydrogen) atoms. The highest BCUT2D eigenvalue weighted by Gasteiger charge is 2.44. The summed E-state index contributed by atoms with van der Waals surface area (Å²) in [5.74, 6) is 0. The molecule has 1 aromatic rings. The summed E-state index contributed by atoms with van der Waals surface area (Å²) in [7, 11) is 0. The highest BCUT2D eigenvalue weighted by atomic mass is 15.2. The van der Waals surface area contributed by atoms with Crippen LogP contribution >= 0.6 is 0 Å². The van der Waals surface area contributed by atoms with E-state index in [0.29, 0.717) is 5.41 Å². The van der Waals surface area contributed by atoms with Gasteiger partial charge in [0.05, 0.1) is 11.3 Å². The Morgan fingerprint density at radius 2 is 1.81 bits per heavy atom. The summed E-state index contributed by atoms with van der Waals surface area (Å²) >= 11 is 0. The average Bonchev–Trinajstić information content (AvgIpc) is 2.76. The second-order valence-electron chi connectivity index (χ2n) is 5.19. The number of hydrogen-bond donors (Lipinski definition) is 0. The van der Waals surface area contributed by atoms with Crippen LogP contribution in [0.2, 0.25) is 0 Å². The molecule has 0 aromatic heterocycles. The number of benzene rings is 1. The van der Waals surface area contributed by atoms with Gasteiger partial charge in [-0.25, -0.2) is 0 Å². The SMILES string of the molecule is N#Cc1ccccc1N1CC2(CCCC2)C1. The summed E-state index contributed by atoms with van der Waals surface area (Å²) in [6, 6.07) is 10.2. The van der Waals surface area contributed by atoms with Crippen molar-refractivity contribution in [1.82, 2.24) is 0 Å². The molecule has 1 heterocycles. The Labute approximate surface area is 96.5 Å². The van der Waals surface area contributed by atoms with Crippen molar-refractivity contribution in [2.24, 2.45) is 5.41 Å². The normalized spacial score (nSPS) is 21.8. The predicted molar refractivity (Wildman–Crippen MR) is 64.3 cm³/mol. The van der Waals surface area contributed by atoms with Crippen LogP contribution in [0.25, 0.3) is 0 Å². The van der Waals surface area contributed by atoms with Gasteiger partial charge in [0.2, 0.25) is 0 Å². The Hall–Kier alpha value is -1.49. The van der Waals surface area contributed by atoms with Crippen molar-refractivity contribution in [1.29, 1.82) is 5.26 Å². The lowest BCUT2D eigenvalue weighted by Gasteiger charge is -2.50. The second-order valence-corrected chi connectivity index (χ2v) is 5.19. The molecule has 0 amide bonds. The molecule has 1 saturated heterocycles. The van der Waals surface area contributed by atoms with Crippen LogP contribution in [0.3, 0.4) is 0 Å². The lowest BCUT2D eigenvalue weighted by atomic mass is 9.78. The molecule has 0 atom stereocenters. The first-order chi connectivity index (χ1) is 7.83. The third-order valence-corrected chi connectivity index (χ3v) is 4.08. The molecule has 1 aliphatic carbocycles. The van der Waals surface area contributed by atoms with Gasteiger partial charge in [-0.3, -0.25) is 0 Å². The van der Waals surface area contributed by atoms with Gasteiger partial charge < -0.3 is 4.90 Å². The van der Waals surface area contributed by atoms with E-state index in [4.69, 9.17) is 5.26 Å². The summed E-state index contributed by atoms with van der Waals surface area (Å²) in [6.07, 6.45) is 5.57. The standard InChI is InChI=1S/C14H16N2/c15-9-12-5-1-2-6-13(12)16-10-14(11-16)7-3-4-8-14/h1-2,5-6H,3-4,7-8,10-11H2. The van der Waals surface area contributed by atoms with Gasteiger partial charge in [0, 0.05) is 18.5 Å². The van der Waals surface area contributed by atoms with Crippen LogP contribution in [0, 0.1) is 16.7 Å². The maximum absolute atomic E-state index is 9.07. The first kappa shape index (κ1) is 9.72. The van der Waals surface area contributed by atoms with Gasteiger partial charge in [0.15, 0.2) is 0 Å². The highest BCUT2D eigenvalue weighted by molar-refractivity contribution is 5.61. The molecule has 0 bridgehead atoms. The molecule has 2 heteroatoms. The zero-order chi connectivity index (χ0) is 11.0. The van der Waals surface area contributed by atoms with Crippen molar-refractivity contribution in [3.05, 3.63) is 29.8 Å². The molecule has 3 rings (SSSR count). The Kier molecular flexibility index (Phi) is 2.14. The first-order valence-electron chi connectivity index (χ1n) is 6.07. The molecule has 0 unspecified atom stereocenters. The lowest BCUT2D eigenvalue weighted by Crippen LogP contribution is -2.55. The van der Waals surface area contributed by atoms with Crippen LogP contribution in [0.5, 0.6) is 0 Å². The van der Waals surface area contributed by atoms with Gasteiger partial charge in [-0.05, 0) is 25.0 Å². The molecule has 82 valence electrons. The largest absolute Gasteiger partial charge is 0.369 e. The van der Waals surface area contributed by atoms with Crippen molar-refractivity contribution in [3.63, 3.8) is 0 Å². The van der Waals surface area contributed by atoms with Crippen molar-refractivity contribution in [2.75, 3.05) is 18.0 Å². The molecular weight excluding hydrogens is 196 g/mol. The van der Waals surface area contributed by atoms with Gasteiger partial charge in [0.1, 0.15) is 6.07 Å². The van der Waals surface area contributed by atoms with Gasteiger partial charge in [-0.2, -0.15) is 5.26 Å². The van der Waals surface area contributed by atoms with Crippen LogP contribution in [0.1, 0.15) is 31.2 Å². The Morgan fingerprint density at radius 1 is 1.12 bits per heavy atom. The van der Waals surface area contributed by atoms with Crippen LogP contribution in [-0.2, 0) is 0 Å². The molecule has 0 N–H and O–H groups in total. The smallest absolute Gasteiger partial charge is 0.101 e. The summed E-state index contributed by atoms with van der Waals surface area (Å²) in [6.45, 7) is 2.32. The molecule has 1 saturated carbocycles. The molecular formula is C14H16N2. The van der Waals surface area contributed by atoms with Crippen LogP contribution in [0.15, 0.2) is 24.3 Å². The summed E-state index contributed by atoms with van der Waals surface area (Å²) in [5, 5.41) is 9.07. The molecule has 2 nitrogen and oxygen atoms in total. The van der Waals surface area contributed by atoms with Crippen molar-refractivity contribution in [3.8, 4) is 6.07 Å². The quantitative estimate of drug-likeness (QED) is 0.715. The minimum atomic E-state index is 0.600. The Bertz CT molecular complexity index is 430. The van der Waals surface area contributed by atoms with E-state index in [2.05, 4.69) is 17.0 Å². The van der Waals surface area contributed by atoms with E-state index in [1.807, 2.05) is 18.2 Å². The Balaban J connectivity index is 1.79. The third kappa shape index (κ3) is 1.39. The van der Waals surface area contributed by atoms with Crippen LogP contribution in [0.4, 0.5) is 5.69 Å². The van der Waals surface area contributed by atoms with E-state index in [1.54, 1.807) is 0 Å². The third-order valence-electron chi connectivity index (χ3n) is 4.08. The van der Waals surface area contributed by atoms with Gasteiger partial charge in [-0.15, -0.1) is 0 Å². The molecule has 2 fully saturated rings. The van der Waals surface area contributed by atoms with Crippen molar-refractivity contribution < 1.29 is 0 Å². The maximum Gasteiger partial charge on any atom is 0.101 e. The molecule has 1 spiro atoms. The van der Waals surface area contributed by atoms with E-state index in [9.17, 15) is 0 Å². The summed E-state index contributed by atoms with van der Waals surface area (Å²) in [4.78, 5) is 2.36. The summed E-state index contributed by atoms with van der Waals surface area (Å²) in [5.41, 5.74) is 2.54. The fourth-order valence-corrected chi connectivity index (χ4v) is 3.22. The topological polar surface area (TPSA) is 27.0 Å². The minimum Gasteiger partial charge on any atom is -0.369 e.